The third-order valence-corrected chi connectivity index (χ3v) is 9.46. The summed E-state index contributed by atoms with van der Waals surface area (Å²) in [5, 5.41) is 9.71. The predicted molar refractivity (Wildman–Crippen MR) is 162 cm³/mol. The van der Waals surface area contributed by atoms with E-state index >= 15 is 0 Å². The van der Waals surface area contributed by atoms with Crippen molar-refractivity contribution in [3.8, 4) is 0 Å². The third-order valence-electron chi connectivity index (χ3n) is 8.37. The Morgan fingerprint density at radius 3 is 2.56 bits per heavy atom. The molecule has 8 nitrogen and oxygen atoms in total. The number of benzene rings is 1. The highest BCUT2D eigenvalue weighted by Crippen LogP contribution is 2.60. The fourth-order valence-corrected chi connectivity index (χ4v) is 7.61. The second-order valence-electron chi connectivity index (χ2n) is 11.0. The number of allylic oxidation sites excluding steroid dienone is 1. The summed E-state index contributed by atoms with van der Waals surface area (Å²) in [7, 11) is 0. The lowest BCUT2D eigenvalue weighted by Gasteiger charge is -2.37. The van der Waals surface area contributed by atoms with Crippen molar-refractivity contribution in [3.63, 3.8) is 0 Å². The second-order valence-corrected chi connectivity index (χ2v) is 12.6. The van der Waals surface area contributed by atoms with Crippen molar-refractivity contribution >= 4 is 51.0 Å². The minimum atomic E-state index is -1.16. The van der Waals surface area contributed by atoms with Gasteiger partial charge in [0, 0.05) is 35.2 Å². The van der Waals surface area contributed by atoms with Gasteiger partial charge in [0.05, 0.1) is 24.5 Å². The van der Waals surface area contributed by atoms with E-state index in [4.69, 9.17) is 26.2 Å². The number of anilines is 1. The van der Waals surface area contributed by atoms with E-state index < -0.39 is 35.6 Å². The first-order valence-corrected chi connectivity index (χ1v) is 15.8. The molecule has 4 rings (SSSR count). The number of hydrogen-bond acceptors (Lipinski definition) is 6. The molecule has 224 valence electrons. The molecule has 3 heterocycles. The van der Waals surface area contributed by atoms with Crippen LogP contribution in [-0.4, -0.2) is 76.7 Å². The second kappa shape index (κ2) is 14.3. The van der Waals surface area contributed by atoms with Gasteiger partial charge < -0.3 is 24.4 Å². The first kappa shape index (κ1) is 31.7. The molecule has 3 fully saturated rings. The molecule has 3 unspecified atom stereocenters. The van der Waals surface area contributed by atoms with Crippen molar-refractivity contribution < 1.29 is 29.0 Å². The highest BCUT2D eigenvalue weighted by molar-refractivity contribution is 9.09. The van der Waals surface area contributed by atoms with Crippen LogP contribution in [0.1, 0.15) is 51.4 Å². The molecule has 3 aliphatic rings. The number of halogens is 2. The number of nitrogens with zero attached hydrogens (tertiary/aromatic N) is 2. The van der Waals surface area contributed by atoms with Gasteiger partial charge in [-0.3, -0.25) is 14.4 Å². The number of aliphatic hydroxyl groups is 1. The van der Waals surface area contributed by atoms with Gasteiger partial charge in [-0.2, -0.15) is 0 Å². The van der Waals surface area contributed by atoms with E-state index in [1.807, 2.05) is 6.08 Å². The number of fused-ring (bicyclic) bond motifs is 1. The summed E-state index contributed by atoms with van der Waals surface area (Å²) in [6, 6.07) is 6.05. The van der Waals surface area contributed by atoms with Gasteiger partial charge in [-0.05, 0) is 62.8 Å². The van der Waals surface area contributed by atoms with Gasteiger partial charge in [-0.1, -0.05) is 52.5 Å². The van der Waals surface area contributed by atoms with E-state index in [0.717, 1.165) is 25.7 Å². The Morgan fingerprint density at radius 1 is 1.15 bits per heavy atom. The SMILES string of the molecule is C=CCCCCOC(=O)[C@H]1[C@H]2C(=O)N(CCCCCCO)C(C(=O)N(CC=C)c3ccc(Cl)cc3)C23CC(Br)[C@@H]1O3. The summed E-state index contributed by atoms with van der Waals surface area (Å²) < 4.78 is 12.2. The molecule has 3 saturated heterocycles. The number of carbonyl (C=O) groups excluding carboxylic acids is 3. The number of unbranched alkanes of at least 4 members (excludes halogenated alkanes) is 5. The summed E-state index contributed by atoms with van der Waals surface area (Å²) >= 11 is 9.82. The van der Waals surface area contributed by atoms with Gasteiger partial charge in [0.2, 0.25) is 5.91 Å². The van der Waals surface area contributed by atoms with Gasteiger partial charge in [0.15, 0.2) is 0 Å². The van der Waals surface area contributed by atoms with Gasteiger partial charge >= 0.3 is 5.97 Å². The zero-order valence-electron chi connectivity index (χ0n) is 23.4. The fraction of sp³-hybridized carbons (Fsp3) is 0.581. The molecule has 41 heavy (non-hydrogen) atoms. The lowest BCUT2D eigenvalue weighted by Crippen LogP contribution is -2.57. The highest BCUT2D eigenvalue weighted by Gasteiger charge is 2.77. The van der Waals surface area contributed by atoms with Crippen LogP contribution in [0.25, 0.3) is 0 Å². The number of amides is 2. The topological polar surface area (TPSA) is 96.4 Å². The Kier molecular flexibility index (Phi) is 11.1. The molecule has 2 bridgehead atoms. The van der Waals surface area contributed by atoms with Crippen molar-refractivity contribution in [1.29, 1.82) is 0 Å². The number of ether oxygens (including phenoxy) is 2. The Morgan fingerprint density at radius 2 is 1.88 bits per heavy atom. The van der Waals surface area contributed by atoms with E-state index in [1.54, 1.807) is 40.1 Å². The Balaban J connectivity index is 1.65. The van der Waals surface area contributed by atoms with Crippen LogP contribution in [0.2, 0.25) is 5.02 Å². The summed E-state index contributed by atoms with van der Waals surface area (Å²) in [6.07, 6.45) is 8.72. The lowest BCUT2D eigenvalue weighted by atomic mass is 9.70. The van der Waals surface area contributed by atoms with E-state index in [0.29, 0.717) is 42.9 Å². The number of likely N-dealkylation sites (tertiary alicyclic amines) is 1. The van der Waals surface area contributed by atoms with Crippen LogP contribution in [0.3, 0.4) is 0 Å². The van der Waals surface area contributed by atoms with Crippen LogP contribution in [0.5, 0.6) is 0 Å². The zero-order chi connectivity index (χ0) is 29.6. The van der Waals surface area contributed by atoms with E-state index in [-0.39, 0.29) is 36.4 Å². The Bertz CT molecular complexity index is 1120. The fourth-order valence-electron chi connectivity index (χ4n) is 6.55. The molecular formula is C31H40BrClN2O6. The predicted octanol–water partition coefficient (Wildman–Crippen LogP) is 5.06. The molecule has 0 aliphatic carbocycles. The average molecular weight is 652 g/mol. The smallest absolute Gasteiger partial charge is 0.312 e. The van der Waals surface area contributed by atoms with Crippen molar-refractivity contribution in [1.82, 2.24) is 4.90 Å². The number of esters is 1. The molecule has 0 radical (unpaired) electrons. The van der Waals surface area contributed by atoms with Gasteiger partial charge in [0.25, 0.3) is 5.91 Å². The first-order valence-electron chi connectivity index (χ1n) is 14.5. The molecule has 0 saturated carbocycles. The van der Waals surface area contributed by atoms with Crippen molar-refractivity contribution in [2.45, 2.75) is 73.9 Å². The maximum Gasteiger partial charge on any atom is 0.312 e. The lowest BCUT2D eigenvalue weighted by molar-refractivity contribution is -0.155. The largest absolute Gasteiger partial charge is 0.465 e. The molecule has 3 aliphatic heterocycles. The van der Waals surface area contributed by atoms with Crippen LogP contribution < -0.4 is 4.90 Å². The molecule has 1 spiro atoms. The number of rotatable bonds is 16. The molecule has 1 N–H and O–H groups in total. The molecule has 1 aromatic rings. The minimum absolute atomic E-state index is 0.117. The van der Waals surface area contributed by atoms with Gasteiger partial charge in [0.1, 0.15) is 11.6 Å². The molecule has 2 amide bonds. The monoisotopic (exact) mass is 650 g/mol. The standard InChI is InChI=1S/C31H40BrClN2O6/c1-3-5-6-11-19-40-30(39)24-25-28(37)35(17-9-7-8-10-18-36)27(31(25)20-23(32)26(24)41-31)29(38)34(16-4-2)22-14-12-21(33)13-15-22/h3-4,12-15,23-27,36H,1-2,5-11,16-20H2/t23?,24-,25-,26-,27?,31?/m0/s1. The van der Waals surface area contributed by atoms with Crippen LogP contribution in [0.15, 0.2) is 49.6 Å². The zero-order valence-corrected chi connectivity index (χ0v) is 25.7. The first-order chi connectivity index (χ1) is 19.8. The quantitative estimate of drug-likeness (QED) is 0.116. The minimum Gasteiger partial charge on any atom is -0.465 e. The van der Waals surface area contributed by atoms with Crippen LogP contribution >= 0.6 is 27.5 Å². The maximum atomic E-state index is 14.5. The Labute approximate surface area is 255 Å². The van der Waals surface area contributed by atoms with Crippen LogP contribution in [0, 0.1) is 11.8 Å². The molecule has 10 heteroatoms. The van der Waals surface area contributed by atoms with Crippen molar-refractivity contribution in [3.05, 3.63) is 54.6 Å². The summed E-state index contributed by atoms with van der Waals surface area (Å²) in [4.78, 5) is 45.1. The summed E-state index contributed by atoms with van der Waals surface area (Å²) in [5.41, 5.74) is -0.524. The highest BCUT2D eigenvalue weighted by atomic mass is 79.9. The average Bonchev–Trinajstić information content (AvgIpc) is 3.55. The van der Waals surface area contributed by atoms with Crippen molar-refractivity contribution in [2.75, 3.05) is 31.2 Å². The maximum absolute atomic E-state index is 14.5. The molecular weight excluding hydrogens is 612 g/mol. The number of hydrogen-bond donors (Lipinski definition) is 1. The van der Waals surface area contributed by atoms with Gasteiger partial charge in [-0.15, -0.1) is 13.2 Å². The van der Waals surface area contributed by atoms with E-state index in [9.17, 15) is 14.4 Å². The third kappa shape index (κ3) is 6.43. The molecule has 0 aromatic heterocycles. The van der Waals surface area contributed by atoms with Crippen molar-refractivity contribution in [2.24, 2.45) is 11.8 Å². The molecule has 1 aromatic carbocycles. The Hall–Kier alpha value is -2.20. The van der Waals surface area contributed by atoms with Crippen LogP contribution in [-0.2, 0) is 23.9 Å². The number of carbonyl (C=O) groups is 3. The van der Waals surface area contributed by atoms with E-state index in [2.05, 4.69) is 29.1 Å². The number of aliphatic hydroxyl groups excluding tert-OH is 1. The summed E-state index contributed by atoms with van der Waals surface area (Å²) in [6.45, 7) is 8.53. The van der Waals surface area contributed by atoms with Gasteiger partial charge in [-0.25, -0.2) is 0 Å². The molecule has 6 atom stereocenters. The number of alkyl halides is 1. The van der Waals surface area contributed by atoms with Crippen LogP contribution in [0.4, 0.5) is 5.69 Å². The normalized spacial score (nSPS) is 28.0. The summed E-state index contributed by atoms with van der Waals surface area (Å²) in [5.74, 6) is -2.57. The van der Waals surface area contributed by atoms with E-state index in [1.165, 1.54) is 0 Å².